The highest BCUT2D eigenvalue weighted by Gasteiger charge is 2.25. The van der Waals surface area contributed by atoms with Gasteiger partial charge in [-0.2, -0.15) is 13.1 Å². The number of hydrogen-bond donors (Lipinski definition) is 2. The van der Waals surface area contributed by atoms with Crippen LogP contribution in [0.25, 0.3) is 0 Å². The highest BCUT2D eigenvalue weighted by atomic mass is 32.2. The highest BCUT2D eigenvalue weighted by molar-refractivity contribution is 7.87. The van der Waals surface area contributed by atoms with Crippen LogP contribution in [0.4, 0.5) is 0 Å². The molecular weight excluding hydrogens is 164 g/mol. The molecule has 0 amide bonds. The first-order chi connectivity index (χ1) is 4.99. The maximum atomic E-state index is 10.6. The van der Waals surface area contributed by atoms with Crippen molar-refractivity contribution in [3.63, 3.8) is 0 Å². The molecule has 0 saturated heterocycles. The zero-order chi connectivity index (χ0) is 8.48. The molecule has 1 aliphatic rings. The second-order valence-corrected chi connectivity index (χ2v) is 4.47. The van der Waals surface area contributed by atoms with E-state index in [1.165, 1.54) is 6.42 Å². The average molecular weight is 178 g/mol. The molecular formula is C6H14N2O2S. The Kier molecular flexibility index (Phi) is 2.51. The molecule has 0 bridgehead atoms. The van der Waals surface area contributed by atoms with E-state index in [0.717, 1.165) is 12.8 Å². The summed E-state index contributed by atoms with van der Waals surface area (Å²) in [6.07, 6.45) is 3.44. The van der Waals surface area contributed by atoms with Crippen LogP contribution >= 0.6 is 0 Å². The quantitative estimate of drug-likeness (QED) is 0.637. The van der Waals surface area contributed by atoms with Gasteiger partial charge in [0.2, 0.25) is 0 Å². The Bertz CT molecular complexity index is 221. The summed E-state index contributed by atoms with van der Waals surface area (Å²) in [5, 5.41) is 4.81. The van der Waals surface area contributed by atoms with E-state index in [1.54, 1.807) is 0 Å². The van der Waals surface area contributed by atoms with Gasteiger partial charge in [-0.1, -0.05) is 6.42 Å². The van der Waals surface area contributed by atoms with Crippen molar-refractivity contribution in [2.24, 2.45) is 11.1 Å². The zero-order valence-electron chi connectivity index (χ0n) is 6.58. The molecule has 3 N–H and O–H groups in total. The maximum absolute atomic E-state index is 10.6. The van der Waals surface area contributed by atoms with Crippen LogP contribution in [0.1, 0.15) is 26.2 Å². The van der Waals surface area contributed by atoms with Gasteiger partial charge in [-0.3, -0.25) is 0 Å². The van der Waals surface area contributed by atoms with Gasteiger partial charge in [0.15, 0.2) is 0 Å². The Morgan fingerprint density at radius 1 is 1.55 bits per heavy atom. The molecule has 5 heteroatoms. The Hall–Kier alpha value is -0.130. The lowest BCUT2D eigenvalue weighted by Gasteiger charge is -2.31. The lowest BCUT2D eigenvalue weighted by Crippen LogP contribution is -2.43. The molecule has 1 aliphatic carbocycles. The standard InChI is InChI=1S/C6H14N2O2S/c1-5(6-3-2-4-6)8-11(7,9)10/h5-6,8H,2-4H2,1H3,(H2,7,9,10)/t5-/m0/s1. The summed E-state index contributed by atoms with van der Waals surface area (Å²) >= 11 is 0. The van der Waals surface area contributed by atoms with Crippen LogP contribution in [0.15, 0.2) is 0 Å². The van der Waals surface area contributed by atoms with Crippen LogP contribution in [0.5, 0.6) is 0 Å². The summed E-state index contributed by atoms with van der Waals surface area (Å²) in [6.45, 7) is 1.86. The van der Waals surface area contributed by atoms with Gasteiger partial charge in [0.1, 0.15) is 0 Å². The predicted molar refractivity (Wildman–Crippen MR) is 43.0 cm³/mol. The van der Waals surface area contributed by atoms with Gasteiger partial charge >= 0.3 is 0 Å². The molecule has 1 saturated carbocycles. The van der Waals surface area contributed by atoms with E-state index < -0.39 is 10.2 Å². The zero-order valence-corrected chi connectivity index (χ0v) is 7.39. The molecule has 0 unspecified atom stereocenters. The summed E-state index contributed by atoms with van der Waals surface area (Å²) < 4.78 is 23.5. The smallest absolute Gasteiger partial charge is 0.216 e. The fraction of sp³-hybridized carbons (Fsp3) is 1.00. The van der Waals surface area contributed by atoms with Gasteiger partial charge in [-0.05, 0) is 25.7 Å². The van der Waals surface area contributed by atoms with Crippen LogP contribution in [-0.4, -0.2) is 14.5 Å². The highest BCUT2D eigenvalue weighted by Crippen LogP contribution is 2.29. The third-order valence-corrected chi connectivity index (χ3v) is 2.91. The summed E-state index contributed by atoms with van der Waals surface area (Å²) in [7, 11) is -3.49. The first-order valence-corrected chi connectivity index (χ1v) is 5.34. The van der Waals surface area contributed by atoms with E-state index in [1.807, 2.05) is 6.92 Å². The van der Waals surface area contributed by atoms with Crippen molar-refractivity contribution in [2.45, 2.75) is 32.2 Å². The van der Waals surface area contributed by atoms with Gasteiger partial charge < -0.3 is 0 Å². The monoisotopic (exact) mass is 178 g/mol. The first-order valence-electron chi connectivity index (χ1n) is 3.79. The topological polar surface area (TPSA) is 72.2 Å². The lowest BCUT2D eigenvalue weighted by molar-refractivity contribution is 0.260. The lowest BCUT2D eigenvalue weighted by atomic mass is 9.81. The Morgan fingerprint density at radius 3 is 2.36 bits per heavy atom. The maximum Gasteiger partial charge on any atom is 0.274 e. The minimum absolute atomic E-state index is 0.00116. The van der Waals surface area contributed by atoms with E-state index in [4.69, 9.17) is 5.14 Å². The minimum atomic E-state index is -3.49. The fourth-order valence-electron chi connectivity index (χ4n) is 1.30. The second kappa shape index (κ2) is 3.08. The predicted octanol–water partition coefficient (Wildman–Crippen LogP) is -0.0319. The molecule has 1 rings (SSSR count). The first kappa shape index (κ1) is 8.96. The van der Waals surface area contributed by atoms with Crippen LogP contribution in [0.3, 0.4) is 0 Å². The average Bonchev–Trinajstić information content (AvgIpc) is 1.50. The number of nitrogens with two attached hydrogens (primary N) is 1. The molecule has 0 aliphatic heterocycles. The van der Waals surface area contributed by atoms with Crippen molar-refractivity contribution in [3.05, 3.63) is 0 Å². The van der Waals surface area contributed by atoms with Crippen LogP contribution in [0, 0.1) is 5.92 Å². The van der Waals surface area contributed by atoms with Crippen LogP contribution < -0.4 is 9.86 Å². The molecule has 0 aromatic carbocycles. The van der Waals surface area contributed by atoms with Crippen LogP contribution in [-0.2, 0) is 10.2 Å². The number of rotatable bonds is 3. The molecule has 0 aromatic rings. The van der Waals surface area contributed by atoms with Crippen molar-refractivity contribution >= 4 is 10.2 Å². The molecule has 4 nitrogen and oxygen atoms in total. The molecule has 0 spiro atoms. The normalized spacial score (nSPS) is 22.7. The molecule has 11 heavy (non-hydrogen) atoms. The number of nitrogens with one attached hydrogen (secondary N) is 1. The third kappa shape index (κ3) is 2.76. The van der Waals surface area contributed by atoms with E-state index in [9.17, 15) is 8.42 Å². The van der Waals surface area contributed by atoms with Crippen molar-refractivity contribution < 1.29 is 8.42 Å². The largest absolute Gasteiger partial charge is 0.274 e. The summed E-state index contributed by atoms with van der Waals surface area (Å²) in [6, 6.07) is -0.00116. The van der Waals surface area contributed by atoms with E-state index in [0.29, 0.717) is 5.92 Å². The third-order valence-electron chi connectivity index (χ3n) is 2.21. The van der Waals surface area contributed by atoms with E-state index in [2.05, 4.69) is 4.72 Å². The fourth-order valence-corrected chi connectivity index (χ4v) is 2.01. The minimum Gasteiger partial charge on any atom is -0.216 e. The summed E-state index contributed by atoms with van der Waals surface area (Å²) in [4.78, 5) is 0. The Morgan fingerprint density at radius 2 is 2.09 bits per heavy atom. The van der Waals surface area contributed by atoms with Crippen molar-refractivity contribution in [1.82, 2.24) is 4.72 Å². The molecule has 1 atom stereocenters. The summed E-state index contributed by atoms with van der Waals surface area (Å²) in [5.74, 6) is 0.494. The van der Waals surface area contributed by atoms with Gasteiger partial charge in [0.25, 0.3) is 10.2 Å². The van der Waals surface area contributed by atoms with Crippen molar-refractivity contribution in [1.29, 1.82) is 0 Å². The summed E-state index contributed by atoms with van der Waals surface area (Å²) in [5.41, 5.74) is 0. The van der Waals surface area contributed by atoms with Gasteiger partial charge in [0.05, 0.1) is 0 Å². The molecule has 0 radical (unpaired) electrons. The van der Waals surface area contributed by atoms with Crippen LogP contribution in [0.2, 0.25) is 0 Å². The molecule has 1 fully saturated rings. The SMILES string of the molecule is C[C@H](NS(N)(=O)=O)C1CCC1. The number of hydrogen-bond acceptors (Lipinski definition) is 2. The van der Waals surface area contributed by atoms with E-state index >= 15 is 0 Å². The van der Waals surface area contributed by atoms with E-state index in [-0.39, 0.29) is 6.04 Å². The second-order valence-electron chi connectivity index (χ2n) is 3.14. The van der Waals surface area contributed by atoms with Crippen molar-refractivity contribution in [3.8, 4) is 0 Å². The van der Waals surface area contributed by atoms with Gasteiger partial charge in [-0.25, -0.2) is 5.14 Å². The van der Waals surface area contributed by atoms with Gasteiger partial charge in [-0.15, -0.1) is 0 Å². The van der Waals surface area contributed by atoms with Gasteiger partial charge in [0, 0.05) is 6.04 Å². The molecule has 66 valence electrons. The van der Waals surface area contributed by atoms with Crippen molar-refractivity contribution in [2.75, 3.05) is 0 Å². The molecule has 0 aromatic heterocycles. The Labute approximate surface area is 67.3 Å². The molecule has 0 heterocycles. The Balaban J connectivity index is 2.36.